The normalized spacial score (nSPS) is 15.1. The molecule has 38 heavy (non-hydrogen) atoms. The number of hydrogen-bond acceptors (Lipinski definition) is 5. The second-order valence-electron chi connectivity index (χ2n) is 9.48. The number of hydrogen-bond donors (Lipinski definition) is 1. The van der Waals surface area contributed by atoms with Crippen molar-refractivity contribution in [3.05, 3.63) is 81.3 Å². The van der Waals surface area contributed by atoms with Gasteiger partial charge in [-0.1, -0.05) is 37.6 Å². The molecule has 1 fully saturated rings. The minimum atomic E-state index is -0.658. The van der Waals surface area contributed by atoms with Crippen molar-refractivity contribution in [2.75, 3.05) is 23.4 Å². The molecule has 1 heterocycles. The molecule has 1 aliphatic rings. The number of esters is 1. The summed E-state index contributed by atoms with van der Waals surface area (Å²) in [5.41, 5.74) is 3.37. The van der Waals surface area contributed by atoms with Crippen molar-refractivity contribution in [3.8, 4) is 11.5 Å². The fourth-order valence-electron chi connectivity index (χ4n) is 4.17. The zero-order chi connectivity index (χ0) is 27.4. The topological polar surface area (TPSA) is 84.9 Å². The summed E-state index contributed by atoms with van der Waals surface area (Å²) in [6.07, 6.45) is 0.0159. The molecule has 1 aliphatic heterocycles. The number of benzene rings is 3. The molecule has 0 saturated carbocycles. The highest BCUT2D eigenvalue weighted by Crippen LogP contribution is 2.33. The molecule has 1 atom stereocenters. The number of anilines is 2. The van der Waals surface area contributed by atoms with Crippen LogP contribution in [-0.4, -0.2) is 30.9 Å². The Bertz CT molecular complexity index is 1360. The third kappa shape index (κ3) is 6.74. The fourth-order valence-corrected chi connectivity index (χ4v) is 4.60. The SMILES string of the molecule is Cc1ccc(C(C)C)c(Oc2ccc(N3C[C@@H](C(=O)OCC(=O)Nc4ccc(Br)c(Cl)c4)CC3=O)cc2)c1. The Morgan fingerprint density at radius 1 is 1.11 bits per heavy atom. The molecule has 2 amide bonds. The first-order chi connectivity index (χ1) is 18.1. The molecule has 0 radical (unpaired) electrons. The van der Waals surface area contributed by atoms with Crippen LogP contribution in [-0.2, 0) is 19.1 Å². The zero-order valence-electron chi connectivity index (χ0n) is 21.3. The Hall–Kier alpha value is -3.36. The molecule has 7 nitrogen and oxygen atoms in total. The quantitative estimate of drug-likeness (QED) is 0.286. The van der Waals surface area contributed by atoms with Crippen LogP contribution in [0.4, 0.5) is 11.4 Å². The Morgan fingerprint density at radius 3 is 2.53 bits per heavy atom. The second kappa shape index (κ2) is 12.0. The lowest BCUT2D eigenvalue weighted by molar-refractivity contribution is -0.151. The summed E-state index contributed by atoms with van der Waals surface area (Å²) in [6, 6.07) is 18.3. The van der Waals surface area contributed by atoms with E-state index < -0.39 is 24.4 Å². The zero-order valence-corrected chi connectivity index (χ0v) is 23.6. The molecule has 1 saturated heterocycles. The fraction of sp³-hybridized carbons (Fsp3) is 0.276. The predicted octanol–water partition coefficient (Wildman–Crippen LogP) is 6.86. The molecule has 4 rings (SSSR count). The number of nitrogens with zero attached hydrogens (tertiary/aromatic N) is 1. The van der Waals surface area contributed by atoms with Gasteiger partial charge in [0.2, 0.25) is 5.91 Å². The van der Waals surface area contributed by atoms with Crippen molar-refractivity contribution in [1.29, 1.82) is 0 Å². The number of carbonyl (C=O) groups excluding carboxylic acids is 3. The summed E-state index contributed by atoms with van der Waals surface area (Å²) in [5.74, 6) is -0.158. The Balaban J connectivity index is 1.32. The van der Waals surface area contributed by atoms with E-state index >= 15 is 0 Å². The summed E-state index contributed by atoms with van der Waals surface area (Å²) >= 11 is 9.31. The van der Waals surface area contributed by atoms with Crippen LogP contribution in [0.3, 0.4) is 0 Å². The maximum atomic E-state index is 12.7. The van der Waals surface area contributed by atoms with Gasteiger partial charge in [-0.3, -0.25) is 14.4 Å². The van der Waals surface area contributed by atoms with Crippen LogP contribution in [0.2, 0.25) is 5.02 Å². The van der Waals surface area contributed by atoms with Crippen molar-refractivity contribution in [2.24, 2.45) is 5.92 Å². The number of halogens is 2. The summed E-state index contributed by atoms with van der Waals surface area (Å²) < 4.78 is 12.0. The largest absolute Gasteiger partial charge is 0.457 e. The van der Waals surface area contributed by atoms with Crippen LogP contribution in [0, 0.1) is 12.8 Å². The van der Waals surface area contributed by atoms with Crippen LogP contribution < -0.4 is 15.0 Å². The van der Waals surface area contributed by atoms with Crippen molar-refractivity contribution in [3.63, 3.8) is 0 Å². The molecule has 0 aromatic heterocycles. The smallest absolute Gasteiger partial charge is 0.311 e. The van der Waals surface area contributed by atoms with Gasteiger partial charge >= 0.3 is 5.97 Å². The summed E-state index contributed by atoms with van der Waals surface area (Å²) in [6.45, 7) is 5.97. The first-order valence-corrected chi connectivity index (χ1v) is 13.4. The van der Waals surface area contributed by atoms with Crippen molar-refractivity contribution in [2.45, 2.75) is 33.1 Å². The van der Waals surface area contributed by atoms with E-state index in [9.17, 15) is 14.4 Å². The number of nitrogens with one attached hydrogen (secondary N) is 1. The average molecular weight is 600 g/mol. The van der Waals surface area contributed by atoms with Crippen LogP contribution in [0.25, 0.3) is 0 Å². The van der Waals surface area contributed by atoms with Crippen molar-refractivity contribution < 1.29 is 23.9 Å². The number of aryl methyl sites for hydroxylation is 1. The van der Waals surface area contributed by atoms with Gasteiger partial charge in [0, 0.05) is 28.8 Å². The number of ether oxygens (including phenoxy) is 2. The lowest BCUT2D eigenvalue weighted by Crippen LogP contribution is -2.28. The summed E-state index contributed by atoms with van der Waals surface area (Å²) in [5, 5.41) is 3.07. The minimum Gasteiger partial charge on any atom is -0.457 e. The highest BCUT2D eigenvalue weighted by molar-refractivity contribution is 9.10. The maximum absolute atomic E-state index is 12.7. The van der Waals surface area contributed by atoms with Gasteiger partial charge in [-0.2, -0.15) is 0 Å². The molecule has 9 heteroatoms. The van der Waals surface area contributed by atoms with Gasteiger partial charge < -0.3 is 19.7 Å². The molecule has 1 N–H and O–H groups in total. The van der Waals surface area contributed by atoms with E-state index in [1.165, 1.54) is 0 Å². The standard InChI is InChI=1S/C29H28BrClN2O5/c1-17(2)23-10-4-18(3)12-26(23)38-22-8-6-21(7-9-22)33-15-19(13-28(33)35)29(36)37-16-27(34)32-20-5-11-24(30)25(31)14-20/h4-12,14,17,19H,13,15-16H2,1-3H3,(H,32,34)/t19-/m0/s1. The lowest BCUT2D eigenvalue weighted by Gasteiger charge is -2.18. The molecule has 3 aromatic rings. The molecular weight excluding hydrogens is 572 g/mol. The van der Waals surface area contributed by atoms with Crippen molar-refractivity contribution >= 4 is 56.7 Å². The van der Waals surface area contributed by atoms with Gasteiger partial charge in [0.15, 0.2) is 6.61 Å². The first-order valence-electron chi connectivity index (χ1n) is 12.2. The highest BCUT2D eigenvalue weighted by Gasteiger charge is 2.36. The van der Waals surface area contributed by atoms with Crippen LogP contribution in [0.15, 0.2) is 65.1 Å². The van der Waals surface area contributed by atoms with E-state index in [2.05, 4.69) is 47.2 Å². The van der Waals surface area contributed by atoms with E-state index in [4.69, 9.17) is 21.1 Å². The van der Waals surface area contributed by atoms with E-state index in [1.54, 1.807) is 47.4 Å². The molecular formula is C29H28BrClN2O5. The molecule has 3 aromatic carbocycles. The van der Waals surface area contributed by atoms with E-state index in [0.29, 0.717) is 32.5 Å². The summed E-state index contributed by atoms with van der Waals surface area (Å²) in [4.78, 5) is 39.0. The number of amides is 2. The van der Waals surface area contributed by atoms with Gasteiger partial charge in [-0.05, 0) is 88.4 Å². The van der Waals surface area contributed by atoms with Gasteiger partial charge in [0.25, 0.3) is 5.91 Å². The molecule has 0 bridgehead atoms. The predicted molar refractivity (Wildman–Crippen MR) is 151 cm³/mol. The average Bonchev–Trinajstić information content (AvgIpc) is 3.27. The van der Waals surface area contributed by atoms with E-state index in [-0.39, 0.29) is 18.9 Å². The van der Waals surface area contributed by atoms with Crippen LogP contribution in [0.5, 0.6) is 11.5 Å². The third-order valence-corrected chi connectivity index (χ3v) is 7.41. The minimum absolute atomic E-state index is 0.0159. The Labute approximate surface area is 235 Å². The first kappa shape index (κ1) is 27.7. The monoisotopic (exact) mass is 598 g/mol. The Morgan fingerprint density at radius 2 is 1.84 bits per heavy atom. The number of carbonyl (C=O) groups is 3. The second-order valence-corrected chi connectivity index (χ2v) is 10.7. The van der Waals surface area contributed by atoms with Crippen LogP contribution in [0.1, 0.15) is 37.3 Å². The molecule has 0 unspecified atom stereocenters. The molecule has 198 valence electrons. The highest BCUT2D eigenvalue weighted by atomic mass is 79.9. The Kier molecular flexibility index (Phi) is 8.74. The van der Waals surface area contributed by atoms with Gasteiger partial charge in [0.1, 0.15) is 11.5 Å². The van der Waals surface area contributed by atoms with Crippen molar-refractivity contribution in [1.82, 2.24) is 0 Å². The summed E-state index contributed by atoms with van der Waals surface area (Å²) in [7, 11) is 0. The maximum Gasteiger partial charge on any atom is 0.311 e. The lowest BCUT2D eigenvalue weighted by atomic mass is 10.0. The number of rotatable bonds is 8. The third-order valence-electron chi connectivity index (χ3n) is 6.17. The molecule has 0 spiro atoms. The van der Waals surface area contributed by atoms with Gasteiger partial charge in [-0.25, -0.2) is 0 Å². The van der Waals surface area contributed by atoms with E-state index in [0.717, 1.165) is 16.9 Å². The van der Waals surface area contributed by atoms with Gasteiger partial charge in [-0.15, -0.1) is 0 Å². The van der Waals surface area contributed by atoms with E-state index in [1.807, 2.05) is 13.0 Å². The molecule has 0 aliphatic carbocycles. The van der Waals surface area contributed by atoms with Crippen LogP contribution >= 0.6 is 27.5 Å². The van der Waals surface area contributed by atoms with Gasteiger partial charge in [0.05, 0.1) is 10.9 Å².